The van der Waals surface area contributed by atoms with Gasteiger partial charge in [0.1, 0.15) is 5.75 Å². The van der Waals surface area contributed by atoms with Crippen LogP contribution < -0.4 is 10.1 Å². The zero-order valence-corrected chi connectivity index (χ0v) is 15.0. The molecule has 0 aliphatic rings. The SMILES string of the molecule is COC(=O)Cc1csc(NC(=O)COc2c(C)cc(C)cc2C)n1. The average Bonchev–Trinajstić information content (AvgIpc) is 2.92. The molecule has 0 saturated carbocycles. The highest BCUT2D eigenvalue weighted by Gasteiger charge is 2.12. The summed E-state index contributed by atoms with van der Waals surface area (Å²) in [6.45, 7) is 5.82. The van der Waals surface area contributed by atoms with Crippen molar-refractivity contribution < 1.29 is 19.1 Å². The minimum atomic E-state index is -0.369. The summed E-state index contributed by atoms with van der Waals surface area (Å²) >= 11 is 1.25. The van der Waals surface area contributed by atoms with Gasteiger partial charge in [-0.1, -0.05) is 17.7 Å². The normalized spacial score (nSPS) is 10.3. The van der Waals surface area contributed by atoms with Gasteiger partial charge in [0.25, 0.3) is 5.91 Å². The number of esters is 1. The molecule has 0 fully saturated rings. The summed E-state index contributed by atoms with van der Waals surface area (Å²) in [5, 5.41) is 4.81. The number of nitrogens with zero attached hydrogens (tertiary/aromatic N) is 1. The molecule has 6 nitrogen and oxygen atoms in total. The van der Waals surface area contributed by atoms with Gasteiger partial charge in [0.05, 0.1) is 19.2 Å². The average molecular weight is 348 g/mol. The summed E-state index contributed by atoms with van der Waals surface area (Å²) in [4.78, 5) is 27.4. The van der Waals surface area contributed by atoms with E-state index in [4.69, 9.17) is 4.74 Å². The van der Waals surface area contributed by atoms with E-state index in [1.807, 2.05) is 32.9 Å². The van der Waals surface area contributed by atoms with Crippen LogP contribution in [0.4, 0.5) is 5.13 Å². The van der Waals surface area contributed by atoms with Crippen molar-refractivity contribution in [2.24, 2.45) is 0 Å². The van der Waals surface area contributed by atoms with Gasteiger partial charge in [0.15, 0.2) is 11.7 Å². The number of aryl methyl sites for hydroxylation is 3. The van der Waals surface area contributed by atoms with Crippen molar-refractivity contribution in [3.05, 3.63) is 39.9 Å². The van der Waals surface area contributed by atoms with E-state index in [0.717, 1.165) is 22.4 Å². The first-order chi connectivity index (χ1) is 11.4. The Morgan fingerprint density at radius 1 is 1.21 bits per heavy atom. The lowest BCUT2D eigenvalue weighted by molar-refractivity contribution is -0.139. The van der Waals surface area contributed by atoms with E-state index in [1.54, 1.807) is 5.38 Å². The van der Waals surface area contributed by atoms with Crippen LogP contribution >= 0.6 is 11.3 Å². The molecule has 0 bridgehead atoms. The van der Waals surface area contributed by atoms with Crippen molar-refractivity contribution in [3.63, 3.8) is 0 Å². The van der Waals surface area contributed by atoms with Crippen LogP contribution in [0.25, 0.3) is 0 Å². The molecular weight excluding hydrogens is 328 g/mol. The number of thiazole rings is 1. The van der Waals surface area contributed by atoms with Gasteiger partial charge in [-0.3, -0.25) is 14.9 Å². The molecule has 1 N–H and O–H groups in total. The summed E-state index contributed by atoms with van der Waals surface area (Å²) in [6.07, 6.45) is 0.0845. The molecule has 0 aliphatic carbocycles. The molecule has 0 aliphatic heterocycles. The predicted molar refractivity (Wildman–Crippen MR) is 92.6 cm³/mol. The fourth-order valence-corrected chi connectivity index (χ4v) is 3.08. The highest BCUT2D eigenvalue weighted by atomic mass is 32.1. The maximum atomic E-state index is 12.0. The van der Waals surface area contributed by atoms with Crippen LogP contribution in [0.3, 0.4) is 0 Å². The molecule has 128 valence electrons. The topological polar surface area (TPSA) is 77.5 Å². The molecule has 24 heavy (non-hydrogen) atoms. The molecule has 0 atom stereocenters. The summed E-state index contributed by atoms with van der Waals surface area (Å²) in [6, 6.07) is 4.03. The molecule has 2 rings (SSSR count). The maximum Gasteiger partial charge on any atom is 0.311 e. The van der Waals surface area contributed by atoms with E-state index < -0.39 is 0 Å². The molecule has 1 aromatic heterocycles. The Bertz CT molecular complexity index is 732. The van der Waals surface area contributed by atoms with Gasteiger partial charge in [-0.05, 0) is 31.9 Å². The smallest absolute Gasteiger partial charge is 0.311 e. The Morgan fingerprint density at radius 3 is 2.50 bits per heavy atom. The fraction of sp³-hybridized carbons (Fsp3) is 0.353. The minimum Gasteiger partial charge on any atom is -0.483 e. The number of nitrogens with one attached hydrogen (secondary N) is 1. The van der Waals surface area contributed by atoms with Crippen LogP contribution in [0.2, 0.25) is 0 Å². The second kappa shape index (κ2) is 7.92. The molecule has 1 heterocycles. The number of benzene rings is 1. The Labute approximate surface area is 144 Å². The molecule has 1 aromatic carbocycles. The number of carbonyl (C=O) groups excluding carboxylic acids is 2. The molecule has 7 heteroatoms. The van der Waals surface area contributed by atoms with E-state index in [2.05, 4.69) is 15.0 Å². The number of hydrogen-bond acceptors (Lipinski definition) is 6. The number of hydrogen-bond donors (Lipinski definition) is 1. The highest BCUT2D eigenvalue weighted by molar-refractivity contribution is 7.13. The summed E-state index contributed by atoms with van der Waals surface area (Å²) < 4.78 is 10.2. The summed E-state index contributed by atoms with van der Waals surface area (Å²) in [7, 11) is 1.32. The molecule has 2 aromatic rings. The Balaban J connectivity index is 1.91. The Morgan fingerprint density at radius 2 is 1.88 bits per heavy atom. The lowest BCUT2D eigenvalue weighted by atomic mass is 10.1. The van der Waals surface area contributed by atoms with Crippen molar-refractivity contribution in [3.8, 4) is 5.75 Å². The van der Waals surface area contributed by atoms with Crippen molar-refractivity contribution in [2.45, 2.75) is 27.2 Å². The van der Waals surface area contributed by atoms with Crippen LogP contribution in [0, 0.1) is 20.8 Å². The van der Waals surface area contributed by atoms with E-state index in [0.29, 0.717) is 10.8 Å². The van der Waals surface area contributed by atoms with Crippen LogP contribution in [0.15, 0.2) is 17.5 Å². The van der Waals surface area contributed by atoms with E-state index in [1.165, 1.54) is 18.4 Å². The first kappa shape index (κ1) is 17.9. The lowest BCUT2D eigenvalue weighted by Gasteiger charge is -2.12. The van der Waals surface area contributed by atoms with Crippen molar-refractivity contribution in [2.75, 3.05) is 19.0 Å². The van der Waals surface area contributed by atoms with Gasteiger partial charge < -0.3 is 9.47 Å². The molecule has 1 amide bonds. The molecular formula is C17H20N2O4S. The van der Waals surface area contributed by atoms with Gasteiger partial charge >= 0.3 is 5.97 Å². The van der Waals surface area contributed by atoms with Gasteiger partial charge in [0.2, 0.25) is 0 Å². The molecule has 0 unspecified atom stereocenters. The van der Waals surface area contributed by atoms with Gasteiger partial charge in [-0.25, -0.2) is 4.98 Å². The first-order valence-corrected chi connectivity index (χ1v) is 8.28. The lowest BCUT2D eigenvalue weighted by Crippen LogP contribution is -2.20. The highest BCUT2D eigenvalue weighted by Crippen LogP contribution is 2.24. The number of rotatable bonds is 6. The number of ether oxygens (including phenoxy) is 2. The van der Waals surface area contributed by atoms with Crippen molar-refractivity contribution in [1.82, 2.24) is 4.98 Å². The largest absolute Gasteiger partial charge is 0.483 e. The van der Waals surface area contributed by atoms with Crippen LogP contribution in [-0.2, 0) is 20.7 Å². The number of amides is 1. The first-order valence-electron chi connectivity index (χ1n) is 7.40. The van der Waals surface area contributed by atoms with Crippen molar-refractivity contribution >= 4 is 28.3 Å². The standard InChI is InChI=1S/C17H20N2O4S/c1-10-5-11(2)16(12(3)6-10)23-8-14(20)19-17-18-13(9-24-17)7-15(21)22-4/h5-6,9H,7-8H2,1-4H3,(H,18,19,20). The third-order valence-corrected chi connectivity index (χ3v) is 4.11. The summed E-state index contributed by atoms with van der Waals surface area (Å²) in [5.74, 6) is 0.0569. The van der Waals surface area contributed by atoms with Crippen molar-refractivity contribution in [1.29, 1.82) is 0 Å². The van der Waals surface area contributed by atoms with Gasteiger partial charge in [0, 0.05) is 5.38 Å². The van der Waals surface area contributed by atoms with E-state index in [9.17, 15) is 9.59 Å². The quantitative estimate of drug-likeness (QED) is 0.812. The zero-order chi connectivity index (χ0) is 17.7. The second-order valence-electron chi connectivity index (χ2n) is 5.46. The third-order valence-electron chi connectivity index (χ3n) is 3.30. The summed E-state index contributed by atoms with van der Waals surface area (Å²) in [5.41, 5.74) is 3.71. The fourth-order valence-electron chi connectivity index (χ4n) is 2.35. The number of methoxy groups -OCH3 is 1. The van der Waals surface area contributed by atoms with E-state index in [-0.39, 0.29) is 24.9 Å². The molecule has 0 saturated heterocycles. The monoisotopic (exact) mass is 348 g/mol. The van der Waals surface area contributed by atoms with Crippen LogP contribution in [0.5, 0.6) is 5.75 Å². The molecule has 0 radical (unpaired) electrons. The Hall–Kier alpha value is -2.41. The van der Waals surface area contributed by atoms with Gasteiger partial charge in [-0.2, -0.15) is 0 Å². The second-order valence-corrected chi connectivity index (χ2v) is 6.32. The maximum absolute atomic E-state index is 12.0. The minimum absolute atomic E-state index is 0.0845. The van der Waals surface area contributed by atoms with Crippen LogP contribution in [0.1, 0.15) is 22.4 Å². The molecule has 0 spiro atoms. The number of carbonyl (C=O) groups is 2. The third kappa shape index (κ3) is 4.79. The predicted octanol–water partition coefficient (Wildman–Crippen LogP) is 2.80. The van der Waals surface area contributed by atoms with Gasteiger partial charge in [-0.15, -0.1) is 11.3 Å². The zero-order valence-electron chi connectivity index (χ0n) is 14.1. The number of aromatic nitrogens is 1. The van der Waals surface area contributed by atoms with Crippen LogP contribution in [-0.4, -0.2) is 30.6 Å². The Kier molecular flexibility index (Phi) is 5.92. The number of anilines is 1. The van der Waals surface area contributed by atoms with E-state index >= 15 is 0 Å².